The number of hydrogen-bond donors (Lipinski definition) is 2. The van der Waals surface area contributed by atoms with Crippen LogP contribution in [0, 0.1) is 0 Å². The highest BCUT2D eigenvalue weighted by Crippen LogP contribution is 2.19. The Kier molecular flexibility index (Phi) is 6.57. The van der Waals surface area contributed by atoms with Gasteiger partial charge in [0.15, 0.2) is 0 Å². The van der Waals surface area contributed by atoms with Gasteiger partial charge in [0.05, 0.1) is 12.1 Å². The van der Waals surface area contributed by atoms with Crippen molar-refractivity contribution in [1.82, 2.24) is 10.6 Å². The Bertz CT molecular complexity index is 714. The summed E-state index contributed by atoms with van der Waals surface area (Å²) in [4.78, 5) is 24.1. The van der Waals surface area contributed by atoms with Crippen molar-refractivity contribution in [2.24, 2.45) is 0 Å². The molecule has 0 aliphatic rings. The summed E-state index contributed by atoms with van der Waals surface area (Å²) in [5.74, 6) is -0.614. The highest BCUT2D eigenvalue weighted by molar-refractivity contribution is 6.35. The van der Waals surface area contributed by atoms with Gasteiger partial charge in [-0.1, -0.05) is 48.5 Å². The summed E-state index contributed by atoms with van der Waals surface area (Å²) < 4.78 is 5.71. The molecular weight excluding hydrogens is 316 g/mol. The number of carbonyl (C=O) groups excluding carboxylic acids is 2. The Morgan fingerprint density at radius 3 is 2.24 bits per heavy atom. The first-order valence-corrected chi connectivity index (χ1v) is 8.35. The summed E-state index contributed by atoms with van der Waals surface area (Å²) in [5, 5.41) is 5.34. The van der Waals surface area contributed by atoms with Crippen LogP contribution in [0.2, 0.25) is 0 Å². The van der Waals surface area contributed by atoms with Crippen molar-refractivity contribution in [1.29, 1.82) is 0 Å². The van der Waals surface area contributed by atoms with E-state index in [4.69, 9.17) is 4.74 Å². The Balaban J connectivity index is 1.91. The third-order valence-electron chi connectivity index (χ3n) is 3.63. The number of rotatable bonds is 6. The number of nitrogens with one attached hydrogen (secondary N) is 2. The van der Waals surface area contributed by atoms with Gasteiger partial charge >= 0.3 is 11.8 Å². The summed E-state index contributed by atoms with van der Waals surface area (Å²) in [6, 6.07) is 16.7. The summed E-state index contributed by atoms with van der Waals surface area (Å²) in [7, 11) is 0. The van der Waals surface area contributed by atoms with Crippen LogP contribution < -0.4 is 15.4 Å². The zero-order valence-corrected chi connectivity index (χ0v) is 14.8. The van der Waals surface area contributed by atoms with E-state index >= 15 is 0 Å². The van der Waals surface area contributed by atoms with E-state index in [0.717, 1.165) is 11.1 Å². The van der Waals surface area contributed by atoms with Gasteiger partial charge in [-0.3, -0.25) is 9.59 Å². The maximum atomic E-state index is 12.1. The van der Waals surface area contributed by atoms with Gasteiger partial charge in [0.2, 0.25) is 0 Å². The highest BCUT2D eigenvalue weighted by Gasteiger charge is 2.17. The Hall–Kier alpha value is -2.82. The Morgan fingerprint density at radius 2 is 1.56 bits per heavy atom. The molecule has 0 spiro atoms. The fourth-order valence-corrected chi connectivity index (χ4v) is 2.36. The lowest BCUT2D eigenvalue weighted by atomic mass is 10.1. The molecule has 0 fully saturated rings. The van der Waals surface area contributed by atoms with Gasteiger partial charge in [-0.05, 0) is 32.4 Å². The molecular formula is C20H24N2O3. The van der Waals surface area contributed by atoms with Crippen molar-refractivity contribution in [3.63, 3.8) is 0 Å². The minimum absolute atomic E-state index is 0.0341. The van der Waals surface area contributed by atoms with Crippen molar-refractivity contribution in [2.75, 3.05) is 0 Å². The molecule has 2 aromatic carbocycles. The number of carbonyl (C=O) groups is 2. The molecule has 0 saturated carbocycles. The number of amides is 2. The van der Waals surface area contributed by atoms with Gasteiger partial charge in [-0.2, -0.15) is 0 Å². The lowest BCUT2D eigenvalue weighted by Crippen LogP contribution is -2.40. The molecule has 1 atom stereocenters. The van der Waals surface area contributed by atoms with Gasteiger partial charge in [-0.15, -0.1) is 0 Å². The monoisotopic (exact) mass is 340 g/mol. The van der Waals surface area contributed by atoms with Gasteiger partial charge < -0.3 is 15.4 Å². The second-order valence-electron chi connectivity index (χ2n) is 6.06. The zero-order valence-electron chi connectivity index (χ0n) is 14.8. The Labute approximate surface area is 148 Å². The molecule has 132 valence electrons. The normalized spacial score (nSPS) is 11.7. The summed E-state index contributed by atoms with van der Waals surface area (Å²) in [6.45, 7) is 5.95. The summed E-state index contributed by atoms with van der Waals surface area (Å²) in [6.07, 6.45) is 0.0341. The lowest BCUT2D eigenvalue weighted by Gasteiger charge is -2.16. The van der Waals surface area contributed by atoms with Crippen LogP contribution >= 0.6 is 0 Å². The zero-order chi connectivity index (χ0) is 18.2. The second-order valence-corrected chi connectivity index (χ2v) is 6.06. The molecule has 0 aromatic heterocycles. The minimum atomic E-state index is -0.665. The third-order valence-corrected chi connectivity index (χ3v) is 3.63. The van der Waals surface area contributed by atoms with Gasteiger partial charge in [0.1, 0.15) is 5.75 Å². The molecule has 2 aromatic rings. The van der Waals surface area contributed by atoms with Crippen LogP contribution in [0.15, 0.2) is 54.6 Å². The quantitative estimate of drug-likeness (QED) is 0.795. The largest absolute Gasteiger partial charge is 0.491 e. The van der Waals surface area contributed by atoms with E-state index in [1.165, 1.54) is 0 Å². The summed E-state index contributed by atoms with van der Waals surface area (Å²) >= 11 is 0. The molecule has 0 saturated heterocycles. The van der Waals surface area contributed by atoms with Crippen LogP contribution in [-0.4, -0.2) is 17.9 Å². The first-order valence-electron chi connectivity index (χ1n) is 8.35. The van der Waals surface area contributed by atoms with E-state index in [-0.39, 0.29) is 18.7 Å². The maximum absolute atomic E-state index is 12.1. The number of ether oxygens (including phenoxy) is 1. The van der Waals surface area contributed by atoms with Crippen LogP contribution in [0.25, 0.3) is 0 Å². The molecule has 25 heavy (non-hydrogen) atoms. The molecule has 0 radical (unpaired) electrons. The van der Waals surface area contributed by atoms with E-state index in [0.29, 0.717) is 5.75 Å². The molecule has 2 amide bonds. The van der Waals surface area contributed by atoms with Crippen molar-refractivity contribution in [2.45, 2.75) is 39.5 Å². The van der Waals surface area contributed by atoms with Crippen molar-refractivity contribution < 1.29 is 14.3 Å². The minimum Gasteiger partial charge on any atom is -0.491 e. The standard InChI is InChI=1S/C20H24N2O3/c1-14(2)25-18-12-8-7-11-17(18)13-21-19(23)20(24)22-15(3)16-9-5-4-6-10-16/h4-12,14-15H,13H2,1-3H3,(H,21,23)(H,22,24)/t15-/m0/s1. The van der Waals surface area contributed by atoms with Crippen molar-refractivity contribution in [3.05, 3.63) is 65.7 Å². The predicted octanol–water partition coefficient (Wildman–Crippen LogP) is 2.97. The summed E-state index contributed by atoms with van der Waals surface area (Å²) in [5.41, 5.74) is 1.77. The molecule has 0 aliphatic heterocycles. The third kappa shape index (κ3) is 5.64. The first-order chi connectivity index (χ1) is 12.0. The van der Waals surface area contributed by atoms with Crippen LogP contribution in [0.4, 0.5) is 0 Å². The smallest absolute Gasteiger partial charge is 0.309 e. The molecule has 5 nitrogen and oxygen atoms in total. The molecule has 5 heteroatoms. The first kappa shape index (κ1) is 18.5. The number of hydrogen-bond acceptors (Lipinski definition) is 3. The van der Waals surface area contributed by atoms with Crippen molar-refractivity contribution in [3.8, 4) is 5.75 Å². The Morgan fingerprint density at radius 1 is 0.920 bits per heavy atom. The van der Waals surface area contributed by atoms with Crippen LogP contribution in [0.3, 0.4) is 0 Å². The van der Waals surface area contributed by atoms with E-state index in [2.05, 4.69) is 10.6 Å². The number of para-hydroxylation sites is 1. The van der Waals surface area contributed by atoms with Crippen molar-refractivity contribution >= 4 is 11.8 Å². The molecule has 0 heterocycles. The fraction of sp³-hybridized carbons (Fsp3) is 0.300. The molecule has 0 bridgehead atoms. The van der Waals surface area contributed by atoms with E-state index < -0.39 is 11.8 Å². The lowest BCUT2D eigenvalue weighted by molar-refractivity contribution is -0.139. The van der Waals surface area contributed by atoms with Gasteiger partial charge in [0, 0.05) is 12.1 Å². The average Bonchev–Trinajstić information content (AvgIpc) is 2.60. The van der Waals surface area contributed by atoms with Gasteiger partial charge in [-0.25, -0.2) is 0 Å². The SMILES string of the molecule is CC(C)Oc1ccccc1CNC(=O)C(=O)N[C@@H](C)c1ccccc1. The molecule has 0 aliphatic carbocycles. The van der Waals surface area contributed by atoms with E-state index in [9.17, 15) is 9.59 Å². The van der Waals surface area contributed by atoms with E-state index in [1.54, 1.807) is 0 Å². The fourth-order valence-electron chi connectivity index (χ4n) is 2.36. The topological polar surface area (TPSA) is 67.4 Å². The van der Waals surface area contributed by atoms with Crippen LogP contribution in [0.1, 0.15) is 37.9 Å². The van der Waals surface area contributed by atoms with Crippen LogP contribution in [0.5, 0.6) is 5.75 Å². The maximum Gasteiger partial charge on any atom is 0.309 e. The van der Waals surface area contributed by atoms with Crippen LogP contribution in [-0.2, 0) is 16.1 Å². The highest BCUT2D eigenvalue weighted by atomic mass is 16.5. The second kappa shape index (κ2) is 8.87. The average molecular weight is 340 g/mol. The predicted molar refractivity (Wildman–Crippen MR) is 97.1 cm³/mol. The molecule has 0 unspecified atom stereocenters. The van der Waals surface area contributed by atoms with E-state index in [1.807, 2.05) is 75.4 Å². The van der Waals surface area contributed by atoms with Gasteiger partial charge in [0.25, 0.3) is 0 Å². The molecule has 2 N–H and O–H groups in total. The number of benzene rings is 2. The molecule has 2 rings (SSSR count).